The zero-order valence-corrected chi connectivity index (χ0v) is 10.4. The van der Waals surface area contributed by atoms with E-state index in [1.807, 2.05) is 12.1 Å². The van der Waals surface area contributed by atoms with Gasteiger partial charge in [0.2, 0.25) is 0 Å². The second-order valence-electron chi connectivity index (χ2n) is 2.76. The van der Waals surface area contributed by atoms with Crippen molar-refractivity contribution in [3.05, 3.63) is 39.5 Å². The first-order chi connectivity index (χ1) is 7.15. The van der Waals surface area contributed by atoms with Crippen molar-refractivity contribution in [2.24, 2.45) is 0 Å². The Bertz CT molecular complexity index is 385. The third-order valence-corrected chi connectivity index (χ3v) is 2.63. The van der Waals surface area contributed by atoms with Gasteiger partial charge >= 0.3 is 5.97 Å². The molecule has 0 aliphatic heterocycles. The molecular weight excluding hydrogens is 307 g/mol. The van der Waals surface area contributed by atoms with Gasteiger partial charge in [-0.2, -0.15) is 0 Å². The molecule has 0 aromatic heterocycles. The molecule has 0 amide bonds. The average Bonchev–Trinajstić information content (AvgIpc) is 2.18. The van der Waals surface area contributed by atoms with Crippen LogP contribution in [0.25, 0.3) is 5.76 Å². The van der Waals surface area contributed by atoms with Gasteiger partial charge in [0.1, 0.15) is 5.76 Å². The highest BCUT2D eigenvalue weighted by molar-refractivity contribution is 14.1. The predicted molar refractivity (Wildman–Crippen MR) is 66.4 cm³/mol. The summed E-state index contributed by atoms with van der Waals surface area (Å²) in [7, 11) is 0. The van der Waals surface area contributed by atoms with Gasteiger partial charge in [0.15, 0.2) is 0 Å². The number of ether oxygens (including phenoxy) is 1. The van der Waals surface area contributed by atoms with E-state index in [1.165, 1.54) is 0 Å². The number of aliphatic hydroxyl groups excluding tert-OH is 1. The Morgan fingerprint density at radius 2 is 2.20 bits per heavy atom. The van der Waals surface area contributed by atoms with Gasteiger partial charge in [-0.25, -0.2) is 4.79 Å². The fourth-order valence-electron chi connectivity index (χ4n) is 1.04. The van der Waals surface area contributed by atoms with Crippen LogP contribution in [0.4, 0.5) is 0 Å². The zero-order chi connectivity index (χ0) is 11.3. The molecule has 1 N–H and O–H groups in total. The van der Waals surface area contributed by atoms with E-state index >= 15 is 0 Å². The minimum absolute atomic E-state index is 0.0709. The van der Waals surface area contributed by atoms with E-state index in [0.717, 1.165) is 9.65 Å². The summed E-state index contributed by atoms with van der Waals surface area (Å²) in [4.78, 5) is 11.1. The maximum Gasteiger partial charge on any atom is 0.334 e. The molecule has 0 saturated carbocycles. The van der Waals surface area contributed by atoms with Gasteiger partial charge in [0, 0.05) is 9.13 Å². The summed E-state index contributed by atoms with van der Waals surface area (Å²) in [6, 6.07) is 7.26. The van der Waals surface area contributed by atoms with Crippen LogP contribution in [0.1, 0.15) is 12.5 Å². The minimum Gasteiger partial charge on any atom is -0.507 e. The van der Waals surface area contributed by atoms with Crippen molar-refractivity contribution in [2.75, 3.05) is 6.61 Å². The summed E-state index contributed by atoms with van der Waals surface area (Å²) in [6.45, 7) is 2.02. The van der Waals surface area contributed by atoms with Crippen LogP contribution in [-0.2, 0) is 9.53 Å². The van der Waals surface area contributed by atoms with E-state index in [4.69, 9.17) is 4.74 Å². The van der Waals surface area contributed by atoms with Crippen LogP contribution < -0.4 is 0 Å². The van der Waals surface area contributed by atoms with Gasteiger partial charge in [0.25, 0.3) is 0 Å². The van der Waals surface area contributed by atoms with E-state index < -0.39 is 5.97 Å². The minimum atomic E-state index is -0.533. The summed E-state index contributed by atoms with van der Waals surface area (Å²) >= 11 is 2.09. The van der Waals surface area contributed by atoms with Crippen molar-refractivity contribution < 1.29 is 14.6 Å². The molecule has 80 valence electrons. The van der Waals surface area contributed by atoms with Crippen LogP contribution in [0, 0.1) is 3.57 Å². The highest BCUT2D eigenvalue weighted by atomic mass is 127. The molecular formula is C11H11IO3. The molecule has 0 heterocycles. The molecule has 0 fully saturated rings. The lowest BCUT2D eigenvalue weighted by Gasteiger charge is -2.02. The quantitative estimate of drug-likeness (QED) is 0.403. The Kier molecular flexibility index (Phi) is 4.61. The second kappa shape index (κ2) is 5.75. The Labute approximate surface area is 102 Å². The smallest absolute Gasteiger partial charge is 0.334 e. The fraction of sp³-hybridized carbons (Fsp3) is 0.182. The van der Waals surface area contributed by atoms with E-state index in [-0.39, 0.29) is 5.76 Å². The number of carbonyl (C=O) groups excluding carboxylic acids is 1. The molecule has 4 heteroatoms. The summed E-state index contributed by atoms with van der Waals surface area (Å²) in [6.07, 6.45) is 1.08. The van der Waals surface area contributed by atoms with Crippen LogP contribution in [-0.4, -0.2) is 17.7 Å². The second-order valence-corrected chi connectivity index (χ2v) is 3.92. The Balaban J connectivity index is 2.89. The fourth-order valence-corrected chi connectivity index (χ4v) is 1.71. The van der Waals surface area contributed by atoms with Gasteiger partial charge in [-0.15, -0.1) is 0 Å². The maximum absolute atomic E-state index is 11.1. The largest absolute Gasteiger partial charge is 0.507 e. The molecule has 1 rings (SSSR count). The average molecular weight is 318 g/mol. The van der Waals surface area contributed by atoms with Crippen molar-refractivity contribution in [3.8, 4) is 0 Å². The molecule has 1 aromatic rings. The molecule has 15 heavy (non-hydrogen) atoms. The molecule has 0 unspecified atom stereocenters. The van der Waals surface area contributed by atoms with E-state index in [9.17, 15) is 9.90 Å². The lowest BCUT2D eigenvalue weighted by Crippen LogP contribution is -2.01. The van der Waals surface area contributed by atoms with Crippen LogP contribution in [0.2, 0.25) is 0 Å². The van der Waals surface area contributed by atoms with Crippen LogP contribution in [0.5, 0.6) is 0 Å². The number of hydrogen-bond donors (Lipinski definition) is 1. The molecule has 0 aliphatic rings. The van der Waals surface area contributed by atoms with Gasteiger partial charge < -0.3 is 9.84 Å². The first-order valence-electron chi connectivity index (χ1n) is 4.47. The number of hydrogen-bond acceptors (Lipinski definition) is 3. The monoisotopic (exact) mass is 318 g/mol. The first kappa shape index (κ1) is 12.0. The topological polar surface area (TPSA) is 46.5 Å². The summed E-state index contributed by atoms with van der Waals surface area (Å²) < 4.78 is 5.58. The summed E-state index contributed by atoms with van der Waals surface area (Å²) in [5.41, 5.74) is 0.631. The van der Waals surface area contributed by atoms with Crippen molar-refractivity contribution in [3.63, 3.8) is 0 Å². The van der Waals surface area contributed by atoms with Crippen LogP contribution in [0.3, 0.4) is 0 Å². The van der Waals surface area contributed by atoms with Gasteiger partial charge in [-0.1, -0.05) is 18.2 Å². The van der Waals surface area contributed by atoms with Gasteiger partial charge in [-0.3, -0.25) is 0 Å². The number of esters is 1. The van der Waals surface area contributed by atoms with E-state index in [1.54, 1.807) is 19.1 Å². The summed E-state index contributed by atoms with van der Waals surface area (Å²) in [5, 5.41) is 9.65. The molecule has 0 spiro atoms. The Hall–Kier alpha value is -1.04. The number of rotatable bonds is 3. The molecule has 0 saturated heterocycles. The third kappa shape index (κ3) is 3.54. The number of benzene rings is 1. The molecule has 0 bridgehead atoms. The van der Waals surface area contributed by atoms with E-state index in [2.05, 4.69) is 22.6 Å². The zero-order valence-electron chi connectivity index (χ0n) is 8.24. The highest BCUT2D eigenvalue weighted by Gasteiger charge is 2.06. The molecule has 1 aromatic carbocycles. The van der Waals surface area contributed by atoms with Crippen molar-refractivity contribution in [2.45, 2.75) is 6.92 Å². The predicted octanol–water partition coefficient (Wildman–Crippen LogP) is 2.75. The maximum atomic E-state index is 11.1. The van der Waals surface area contributed by atoms with Crippen molar-refractivity contribution in [1.82, 2.24) is 0 Å². The van der Waals surface area contributed by atoms with Gasteiger partial charge in [-0.05, 0) is 35.6 Å². The number of aliphatic hydroxyl groups is 1. The number of carbonyl (C=O) groups is 1. The lowest BCUT2D eigenvalue weighted by molar-refractivity contribution is -0.137. The molecule has 0 radical (unpaired) electrons. The van der Waals surface area contributed by atoms with Crippen molar-refractivity contribution >= 4 is 34.3 Å². The van der Waals surface area contributed by atoms with Crippen molar-refractivity contribution in [1.29, 1.82) is 0 Å². The lowest BCUT2D eigenvalue weighted by atomic mass is 10.2. The van der Waals surface area contributed by atoms with Gasteiger partial charge in [0.05, 0.1) is 12.7 Å². The van der Waals surface area contributed by atoms with Crippen LogP contribution in [0.15, 0.2) is 30.3 Å². The normalized spacial score (nSPS) is 11.2. The first-order valence-corrected chi connectivity index (χ1v) is 5.55. The van der Waals surface area contributed by atoms with E-state index in [0.29, 0.717) is 12.2 Å². The molecule has 0 atom stereocenters. The third-order valence-electron chi connectivity index (χ3n) is 1.69. The standard InChI is InChI=1S/C11H11IO3/c1-2-15-11(14)7-10(13)8-5-3-4-6-9(8)12/h3-7,13H,2H2,1H3. The SMILES string of the molecule is CCOC(=O)C=C(O)c1ccccc1I. The Morgan fingerprint density at radius 3 is 2.80 bits per heavy atom. The molecule has 3 nitrogen and oxygen atoms in total. The highest BCUT2D eigenvalue weighted by Crippen LogP contribution is 2.18. The molecule has 0 aliphatic carbocycles. The van der Waals surface area contributed by atoms with Crippen LogP contribution >= 0.6 is 22.6 Å². The summed E-state index contributed by atoms with van der Waals surface area (Å²) in [5.74, 6) is -0.604. The number of halogens is 1. The Morgan fingerprint density at radius 1 is 1.53 bits per heavy atom.